The van der Waals surface area contributed by atoms with E-state index < -0.39 is 32.4 Å². The number of hydrogen-bond donors (Lipinski definition) is 1. The van der Waals surface area contributed by atoms with E-state index in [0.29, 0.717) is 36.1 Å². The maximum atomic E-state index is 13.0. The largest absolute Gasteiger partial charge is 0.332 e. The second-order valence-corrected chi connectivity index (χ2v) is 10.9. The normalized spacial score (nSPS) is 19.1. The van der Waals surface area contributed by atoms with Gasteiger partial charge in [0.25, 0.3) is 11.0 Å². The molecule has 1 saturated carbocycles. The van der Waals surface area contributed by atoms with Crippen molar-refractivity contribution in [1.82, 2.24) is 15.1 Å². The van der Waals surface area contributed by atoms with Crippen molar-refractivity contribution in [2.75, 3.05) is 18.1 Å². The Morgan fingerprint density at radius 2 is 2.09 bits per heavy atom. The fraction of sp³-hybridized carbons (Fsp3) is 0.435. The minimum atomic E-state index is -3.19. The molecule has 1 aromatic heterocycles. The average molecular weight is 498 g/mol. The van der Waals surface area contributed by atoms with Crippen LogP contribution in [-0.2, 0) is 14.7 Å². The molecule has 1 N–H and O–H groups in total. The van der Waals surface area contributed by atoms with Crippen LogP contribution in [0.5, 0.6) is 0 Å². The molecule has 1 aliphatic carbocycles. The van der Waals surface area contributed by atoms with Gasteiger partial charge in [-0.1, -0.05) is 24.0 Å². The van der Waals surface area contributed by atoms with Crippen molar-refractivity contribution in [1.29, 1.82) is 5.26 Å². The van der Waals surface area contributed by atoms with Gasteiger partial charge in [-0.3, -0.25) is 9.48 Å². The number of nitriles is 1. The van der Waals surface area contributed by atoms with Crippen molar-refractivity contribution >= 4 is 15.7 Å². The number of sulfone groups is 1. The fourth-order valence-corrected chi connectivity index (χ4v) is 5.72. The summed E-state index contributed by atoms with van der Waals surface area (Å²) in [6.45, 7) is 1.64. The Morgan fingerprint density at radius 1 is 1.37 bits per heavy atom. The minimum absolute atomic E-state index is 0.0555. The third-order valence-corrected chi connectivity index (χ3v) is 7.80. The van der Waals surface area contributed by atoms with Crippen LogP contribution in [0.1, 0.15) is 53.3 Å². The van der Waals surface area contributed by atoms with E-state index in [9.17, 15) is 28.6 Å². The molecule has 2 fully saturated rings. The van der Waals surface area contributed by atoms with Gasteiger partial charge >= 0.3 is 0 Å². The smallest absolute Gasteiger partial charge is 0.294 e. The minimum Gasteiger partial charge on any atom is -0.332 e. The van der Waals surface area contributed by atoms with Gasteiger partial charge in [0.2, 0.25) is 0 Å². The molecular formula is C23H23N5O6S. The number of aromatic nitrogens is 2. The van der Waals surface area contributed by atoms with E-state index in [1.165, 1.54) is 0 Å². The number of carbonyl (C=O) groups is 1. The molecule has 0 spiro atoms. The van der Waals surface area contributed by atoms with Gasteiger partial charge in [0.1, 0.15) is 12.1 Å². The first-order valence-corrected chi connectivity index (χ1v) is 12.9. The van der Waals surface area contributed by atoms with Crippen LogP contribution in [-0.4, -0.2) is 52.8 Å². The zero-order valence-corrected chi connectivity index (χ0v) is 19.8. The standard InChI is InChI=1S/C23H23N5O6S/c1-16-20(22(29)25-23(15-24)10-11-23)26-27(19-9-13-35(32,33)14-19)21(16)18-7-5-17(6-8-18)4-2-3-12-34-28(30)31/h5-8,19H,3,9-14H2,1H3,(H,25,29). The van der Waals surface area contributed by atoms with Crippen molar-refractivity contribution in [2.45, 2.75) is 44.2 Å². The molecule has 182 valence electrons. The molecule has 1 aromatic carbocycles. The Bertz CT molecular complexity index is 1370. The van der Waals surface area contributed by atoms with E-state index >= 15 is 0 Å². The molecular weight excluding hydrogens is 474 g/mol. The number of rotatable bonds is 7. The number of nitrogens with zero attached hydrogens (tertiary/aromatic N) is 4. The van der Waals surface area contributed by atoms with Crippen LogP contribution in [0.4, 0.5) is 0 Å². The quantitative estimate of drug-likeness (QED) is 0.263. The predicted molar refractivity (Wildman–Crippen MR) is 124 cm³/mol. The molecule has 1 aliphatic heterocycles. The van der Waals surface area contributed by atoms with Gasteiger partial charge in [0.15, 0.2) is 15.5 Å². The molecule has 2 heterocycles. The van der Waals surface area contributed by atoms with Crippen LogP contribution in [0.3, 0.4) is 0 Å². The Labute approximate surface area is 202 Å². The Hall–Kier alpha value is -3.90. The summed E-state index contributed by atoms with van der Waals surface area (Å²) in [6.07, 6.45) is 1.77. The Morgan fingerprint density at radius 3 is 2.66 bits per heavy atom. The number of benzene rings is 1. The topological polar surface area (TPSA) is 157 Å². The average Bonchev–Trinajstić information content (AvgIpc) is 3.36. The van der Waals surface area contributed by atoms with Crippen LogP contribution in [0, 0.1) is 40.2 Å². The van der Waals surface area contributed by atoms with Crippen molar-refractivity contribution in [3.63, 3.8) is 0 Å². The number of carbonyl (C=O) groups excluding carboxylic acids is 1. The highest BCUT2D eigenvalue weighted by molar-refractivity contribution is 7.91. The maximum absolute atomic E-state index is 13.0. The van der Waals surface area contributed by atoms with Crippen LogP contribution in [0.2, 0.25) is 0 Å². The fourth-order valence-electron chi connectivity index (χ4n) is 4.03. The van der Waals surface area contributed by atoms with Crippen LogP contribution in [0.15, 0.2) is 24.3 Å². The van der Waals surface area contributed by atoms with Gasteiger partial charge in [0.05, 0.1) is 29.3 Å². The zero-order chi connectivity index (χ0) is 25.2. The molecule has 35 heavy (non-hydrogen) atoms. The third kappa shape index (κ3) is 5.44. The second kappa shape index (κ2) is 9.39. The second-order valence-electron chi connectivity index (χ2n) is 8.66. The molecule has 0 radical (unpaired) electrons. The summed E-state index contributed by atoms with van der Waals surface area (Å²) in [5, 5.41) is 25.9. The van der Waals surface area contributed by atoms with Crippen molar-refractivity contribution < 1.29 is 23.1 Å². The lowest BCUT2D eigenvalue weighted by atomic mass is 10.0. The summed E-state index contributed by atoms with van der Waals surface area (Å²) in [5.74, 6) is 5.25. The van der Waals surface area contributed by atoms with Gasteiger partial charge in [0, 0.05) is 23.1 Å². The van der Waals surface area contributed by atoms with Crippen LogP contribution < -0.4 is 5.32 Å². The lowest BCUT2D eigenvalue weighted by molar-refractivity contribution is -0.757. The molecule has 2 aromatic rings. The summed E-state index contributed by atoms with van der Waals surface area (Å²) < 4.78 is 25.9. The molecule has 1 amide bonds. The first kappa shape index (κ1) is 24.2. The van der Waals surface area contributed by atoms with E-state index in [4.69, 9.17) is 0 Å². The molecule has 1 unspecified atom stereocenters. The van der Waals surface area contributed by atoms with Crippen LogP contribution >= 0.6 is 0 Å². The Balaban J connectivity index is 1.63. The Kier molecular flexibility index (Phi) is 6.50. The molecule has 2 aliphatic rings. The van der Waals surface area contributed by atoms with Crippen molar-refractivity contribution in [2.24, 2.45) is 0 Å². The lowest BCUT2D eigenvalue weighted by Crippen LogP contribution is -2.36. The first-order valence-electron chi connectivity index (χ1n) is 11.0. The molecule has 11 nitrogen and oxygen atoms in total. The highest BCUT2D eigenvalue weighted by Crippen LogP contribution is 2.36. The maximum Gasteiger partial charge on any atom is 0.294 e. The summed E-state index contributed by atoms with van der Waals surface area (Å²) in [4.78, 5) is 27.4. The molecule has 1 saturated heterocycles. The van der Waals surface area contributed by atoms with Crippen molar-refractivity contribution in [3.05, 3.63) is 51.2 Å². The number of amides is 1. The zero-order valence-electron chi connectivity index (χ0n) is 19.0. The van der Waals surface area contributed by atoms with Gasteiger partial charge in [-0.25, -0.2) is 8.42 Å². The summed E-state index contributed by atoms with van der Waals surface area (Å²) in [6, 6.07) is 8.88. The predicted octanol–water partition coefficient (Wildman–Crippen LogP) is 1.95. The van der Waals surface area contributed by atoms with E-state index in [2.05, 4.69) is 33.2 Å². The third-order valence-electron chi connectivity index (χ3n) is 6.05. The first-order chi connectivity index (χ1) is 16.6. The van der Waals surface area contributed by atoms with E-state index in [-0.39, 0.29) is 30.2 Å². The summed E-state index contributed by atoms with van der Waals surface area (Å²) in [5.41, 5.74) is 1.97. The SMILES string of the molecule is Cc1c(C(=O)NC2(C#N)CC2)nn(C2CCS(=O)(=O)C2)c1-c1ccc(C#CCCO[N+](=O)[O-])cc1. The molecule has 4 rings (SSSR count). The monoisotopic (exact) mass is 497 g/mol. The van der Waals surface area contributed by atoms with E-state index in [1.54, 1.807) is 35.9 Å². The summed E-state index contributed by atoms with van der Waals surface area (Å²) in [7, 11) is -3.19. The van der Waals surface area contributed by atoms with Gasteiger partial charge < -0.3 is 10.2 Å². The van der Waals surface area contributed by atoms with Gasteiger partial charge in [-0.15, -0.1) is 10.1 Å². The highest BCUT2D eigenvalue weighted by Gasteiger charge is 2.45. The van der Waals surface area contributed by atoms with Gasteiger partial charge in [-0.2, -0.15) is 10.4 Å². The molecule has 12 heteroatoms. The van der Waals surface area contributed by atoms with Crippen molar-refractivity contribution in [3.8, 4) is 29.2 Å². The lowest BCUT2D eigenvalue weighted by Gasteiger charge is -2.14. The summed E-state index contributed by atoms with van der Waals surface area (Å²) >= 11 is 0. The van der Waals surface area contributed by atoms with E-state index in [0.717, 1.165) is 5.56 Å². The molecule has 1 atom stereocenters. The number of nitrogens with one attached hydrogen (secondary N) is 1. The molecule has 0 bridgehead atoms. The van der Waals surface area contributed by atoms with Crippen LogP contribution in [0.25, 0.3) is 11.3 Å². The highest BCUT2D eigenvalue weighted by atomic mass is 32.2. The number of hydrogen-bond acceptors (Lipinski definition) is 8. The van der Waals surface area contributed by atoms with Gasteiger partial charge in [-0.05, 0) is 38.3 Å². The van der Waals surface area contributed by atoms with E-state index in [1.807, 2.05) is 0 Å².